The molecular weight excluding hydrogens is 224 g/mol. The monoisotopic (exact) mass is 232 g/mol. The Morgan fingerprint density at radius 1 is 1.31 bits per heavy atom. The Kier molecular flexibility index (Phi) is 1.93. The van der Waals surface area contributed by atoms with Gasteiger partial charge in [0.15, 0.2) is 16.5 Å². The summed E-state index contributed by atoms with van der Waals surface area (Å²) < 4.78 is 5.69. The predicted octanol–water partition coefficient (Wildman–Crippen LogP) is 2.50. The molecule has 0 saturated heterocycles. The van der Waals surface area contributed by atoms with E-state index in [2.05, 4.69) is 4.99 Å². The van der Waals surface area contributed by atoms with E-state index in [9.17, 15) is 0 Å². The molecule has 1 aromatic carbocycles. The van der Waals surface area contributed by atoms with Gasteiger partial charge in [-0.3, -0.25) is 0 Å². The van der Waals surface area contributed by atoms with Gasteiger partial charge in [-0.25, -0.2) is 4.99 Å². The van der Waals surface area contributed by atoms with E-state index in [0.717, 1.165) is 11.4 Å². The number of alkyl halides is 1. The zero-order valence-electron chi connectivity index (χ0n) is 8.35. The summed E-state index contributed by atoms with van der Waals surface area (Å²) in [5.74, 6) is 1.33. The van der Waals surface area contributed by atoms with Crippen molar-refractivity contribution in [2.24, 2.45) is 10.7 Å². The molecule has 1 atom stereocenters. The van der Waals surface area contributed by atoms with E-state index < -0.39 is 5.00 Å². The zero-order valence-corrected chi connectivity index (χ0v) is 9.11. The first-order chi connectivity index (χ1) is 7.67. The van der Waals surface area contributed by atoms with E-state index in [1.807, 2.05) is 30.3 Å². The highest BCUT2D eigenvalue weighted by Gasteiger charge is 2.34. The van der Waals surface area contributed by atoms with Gasteiger partial charge < -0.3 is 10.5 Å². The van der Waals surface area contributed by atoms with Crippen LogP contribution in [0.5, 0.6) is 5.75 Å². The molecule has 3 nitrogen and oxygen atoms in total. The maximum atomic E-state index is 6.15. The number of halogens is 1. The highest BCUT2D eigenvalue weighted by molar-refractivity contribution is 6.40. The van der Waals surface area contributed by atoms with Gasteiger partial charge >= 0.3 is 0 Å². The van der Waals surface area contributed by atoms with Gasteiger partial charge in [0.05, 0.1) is 0 Å². The van der Waals surface area contributed by atoms with Crippen LogP contribution < -0.4 is 10.5 Å². The quantitative estimate of drug-likeness (QED) is 0.552. The maximum Gasteiger partial charge on any atom is 0.156 e. The number of nitrogens with zero attached hydrogens (tertiary/aromatic N) is 1. The van der Waals surface area contributed by atoms with Crippen molar-refractivity contribution < 1.29 is 4.74 Å². The molecule has 3 rings (SSSR count). The second kappa shape index (κ2) is 3.20. The van der Waals surface area contributed by atoms with Crippen LogP contribution in [-0.4, -0.2) is 10.7 Å². The van der Waals surface area contributed by atoms with Gasteiger partial charge in [-0.1, -0.05) is 29.8 Å². The van der Waals surface area contributed by atoms with Crippen LogP contribution in [-0.2, 0) is 0 Å². The molecule has 4 heteroatoms. The molecule has 0 amide bonds. The summed E-state index contributed by atoms with van der Waals surface area (Å²) in [5, 5.41) is 0. The number of nitrogens with two attached hydrogens (primary N) is 1. The predicted molar refractivity (Wildman–Crippen MR) is 64.2 cm³/mol. The lowest BCUT2D eigenvalue weighted by Crippen LogP contribution is -2.44. The molecule has 0 spiro atoms. The second-order valence-electron chi connectivity index (χ2n) is 3.69. The maximum absolute atomic E-state index is 6.15. The van der Waals surface area contributed by atoms with Gasteiger partial charge in [0, 0.05) is 0 Å². The summed E-state index contributed by atoms with van der Waals surface area (Å²) >= 11 is 6.15. The topological polar surface area (TPSA) is 47.6 Å². The molecule has 16 heavy (non-hydrogen) atoms. The van der Waals surface area contributed by atoms with E-state index >= 15 is 0 Å². The Morgan fingerprint density at radius 3 is 3.00 bits per heavy atom. The summed E-state index contributed by atoms with van der Waals surface area (Å²) in [5.41, 5.74) is 7.22. The van der Waals surface area contributed by atoms with E-state index in [4.69, 9.17) is 22.1 Å². The number of hydrogen-bond acceptors (Lipinski definition) is 3. The number of hydrogen-bond donors (Lipinski definition) is 1. The molecule has 1 aromatic rings. The van der Waals surface area contributed by atoms with Crippen LogP contribution >= 0.6 is 11.6 Å². The summed E-state index contributed by atoms with van der Waals surface area (Å²) in [7, 11) is 0. The average molecular weight is 233 g/mol. The summed E-state index contributed by atoms with van der Waals surface area (Å²) in [4.78, 5) is 3.35. The third-order valence-electron chi connectivity index (χ3n) is 2.50. The fraction of sp³-hybridized carbons (Fsp3) is 0.0833. The van der Waals surface area contributed by atoms with Crippen molar-refractivity contribution in [1.29, 1.82) is 0 Å². The normalized spacial score (nSPS) is 26.1. The molecule has 0 bridgehead atoms. The number of para-hydroxylation sites is 2. The van der Waals surface area contributed by atoms with Gasteiger partial charge in [0.1, 0.15) is 11.4 Å². The van der Waals surface area contributed by atoms with Crippen LogP contribution in [0.15, 0.2) is 53.2 Å². The molecule has 1 unspecified atom stereocenters. The van der Waals surface area contributed by atoms with Gasteiger partial charge in [0.25, 0.3) is 0 Å². The lowest BCUT2D eigenvalue weighted by atomic mass is 10.0. The van der Waals surface area contributed by atoms with Crippen molar-refractivity contribution in [2.75, 3.05) is 0 Å². The lowest BCUT2D eigenvalue weighted by Gasteiger charge is -2.28. The Bertz CT molecular complexity index is 544. The smallest absolute Gasteiger partial charge is 0.156 e. The summed E-state index contributed by atoms with van der Waals surface area (Å²) in [6.07, 6.45) is 5.27. The zero-order chi connectivity index (χ0) is 11.2. The lowest BCUT2D eigenvalue weighted by molar-refractivity contribution is 0.445. The van der Waals surface area contributed by atoms with Crippen LogP contribution in [0.3, 0.4) is 0 Å². The minimum atomic E-state index is -1.09. The molecule has 0 fully saturated rings. The van der Waals surface area contributed by atoms with Crippen LogP contribution in [0, 0.1) is 0 Å². The Morgan fingerprint density at radius 2 is 2.12 bits per heavy atom. The Balaban J connectivity index is 2.19. The first-order valence-electron chi connectivity index (χ1n) is 4.90. The first-order valence-corrected chi connectivity index (χ1v) is 5.28. The first kappa shape index (κ1) is 9.63. The SMILES string of the molecule is NC1(Cl)C=CC=C2Oc3ccccc3N=C21. The highest BCUT2D eigenvalue weighted by atomic mass is 35.5. The van der Waals surface area contributed by atoms with Crippen molar-refractivity contribution in [3.05, 3.63) is 48.3 Å². The van der Waals surface area contributed by atoms with E-state index in [-0.39, 0.29) is 0 Å². The second-order valence-corrected chi connectivity index (χ2v) is 4.31. The number of allylic oxidation sites excluding steroid dienone is 2. The Labute approximate surface area is 97.9 Å². The van der Waals surface area contributed by atoms with Crippen molar-refractivity contribution in [3.63, 3.8) is 0 Å². The van der Waals surface area contributed by atoms with Crippen LogP contribution in [0.1, 0.15) is 0 Å². The summed E-state index contributed by atoms with van der Waals surface area (Å²) in [6, 6.07) is 7.52. The van der Waals surface area contributed by atoms with Crippen molar-refractivity contribution in [2.45, 2.75) is 5.00 Å². The van der Waals surface area contributed by atoms with Gasteiger partial charge in [0.2, 0.25) is 0 Å². The minimum absolute atomic E-state index is 0.551. The Hall–Kier alpha value is -1.58. The molecule has 1 heterocycles. The fourth-order valence-electron chi connectivity index (χ4n) is 1.72. The molecule has 0 aromatic heterocycles. The molecule has 0 radical (unpaired) electrons. The molecular formula is C12H9ClN2O. The molecule has 80 valence electrons. The van der Waals surface area contributed by atoms with Crippen LogP contribution in [0.25, 0.3) is 0 Å². The molecule has 2 N–H and O–H groups in total. The van der Waals surface area contributed by atoms with Crippen LogP contribution in [0.4, 0.5) is 5.69 Å². The number of aliphatic imine (C=N–C) groups is 1. The fourth-order valence-corrected chi connectivity index (χ4v) is 1.93. The highest BCUT2D eigenvalue weighted by Crippen LogP contribution is 2.37. The van der Waals surface area contributed by atoms with Gasteiger partial charge in [-0.15, -0.1) is 0 Å². The molecule has 0 saturated carbocycles. The molecule has 1 aliphatic carbocycles. The third kappa shape index (κ3) is 1.37. The third-order valence-corrected chi connectivity index (χ3v) is 2.81. The average Bonchev–Trinajstić information content (AvgIpc) is 2.27. The van der Waals surface area contributed by atoms with E-state index in [1.54, 1.807) is 12.2 Å². The van der Waals surface area contributed by atoms with E-state index in [1.165, 1.54) is 0 Å². The van der Waals surface area contributed by atoms with Crippen LogP contribution in [0.2, 0.25) is 0 Å². The largest absolute Gasteiger partial charge is 0.453 e. The summed E-state index contributed by atoms with van der Waals surface area (Å²) in [6.45, 7) is 0. The van der Waals surface area contributed by atoms with Gasteiger partial charge in [-0.05, 0) is 24.3 Å². The van der Waals surface area contributed by atoms with E-state index in [0.29, 0.717) is 11.5 Å². The molecule has 1 aliphatic heterocycles. The number of fused-ring (bicyclic) bond motifs is 2. The van der Waals surface area contributed by atoms with Gasteiger partial charge in [-0.2, -0.15) is 0 Å². The minimum Gasteiger partial charge on any atom is -0.453 e. The standard InChI is InChI=1S/C12H9ClN2O/c13-12(14)7-3-6-10-11(12)15-8-4-1-2-5-9(8)16-10/h1-7H,14H2. The molecule has 2 aliphatic rings. The number of benzene rings is 1. The van der Waals surface area contributed by atoms with Crippen molar-refractivity contribution >= 4 is 23.0 Å². The number of ether oxygens (including phenoxy) is 1. The van der Waals surface area contributed by atoms with Crippen molar-refractivity contribution in [1.82, 2.24) is 0 Å². The van der Waals surface area contributed by atoms with Crippen molar-refractivity contribution in [3.8, 4) is 5.75 Å². The number of rotatable bonds is 0.